The Labute approximate surface area is 109 Å². The zero-order valence-corrected chi connectivity index (χ0v) is 11.6. The van der Waals surface area contributed by atoms with E-state index in [1.165, 1.54) is 28.7 Å². The quantitative estimate of drug-likeness (QED) is 0.907. The first-order valence-electron chi connectivity index (χ1n) is 5.84. The lowest BCUT2D eigenvalue weighted by Gasteiger charge is -2.48. The molecule has 0 saturated carbocycles. The molecule has 1 atom stereocenters. The second kappa shape index (κ2) is 4.41. The maximum absolute atomic E-state index is 5.52. The van der Waals surface area contributed by atoms with Crippen molar-refractivity contribution < 1.29 is 4.74 Å². The molecule has 1 aromatic rings. The number of halogens is 1. The number of rotatable bonds is 2. The van der Waals surface area contributed by atoms with E-state index in [4.69, 9.17) is 4.74 Å². The van der Waals surface area contributed by atoms with E-state index in [0.717, 1.165) is 25.7 Å². The van der Waals surface area contributed by atoms with E-state index in [0.29, 0.717) is 5.41 Å². The minimum Gasteiger partial charge on any atom is -0.379 e. The number of hydrogen-bond acceptors (Lipinski definition) is 3. The standard InChI is InChI=1S/C12H16BrNOS/c13-10-4-11(16-6-10)12(7-15-8-12)9-2-1-3-14-5-9/h4,6,9,14H,1-3,5,7-8H2. The fourth-order valence-corrected chi connectivity index (χ4v) is 4.48. The molecule has 0 aromatic carbocycles. The highest BCUT2D eigenvalue weighted by atomic mass is 79.9. The molecule has 2 aliphatic rings. The first-order chi connectivity index (χ1) is 7.81. The molecular formula is C12H16BrNOS. The smallest absolute Gasteiger partial charge is 0.0596 e. The van der Waals surface area contributed by atoms with Gasteiger partial charge in [0.15, 0.2) is 0 Å². The molecule has 0 bridgehead atoms. The number of thiophene rings is 1. The largest absolute Gasteiger partial charge is 0.379 e. The Morgan fingerprint density at radius 3 is 2.88 bits per heavy atom. The summed E-state index contributed by atoms with van der Waals surface area (Å²) in [6.07, 6.45) is 2.64. The zero-order valence-electron chi connectivity index (χ0n) is 9.17. The van der Waals surface area contributed by atoms with Gasteiger partial charge in [-0.05, 0) is 53.8 Å². The van der Waals surface area contributed by atoms with Crippen LogP contribution >= 0.6 is 27.3 Å². The molecule has 1 N–H and O–H groups in total. The maximum Gasteiger partial charge on any atom is 0.0596 e. The van der Waals surface area contributed by atoms with Crippen molar-refractivity contribution in [2.75, 3.05) is 26.3 Å². The molecular weight excluding hydrogens is 286 g/mol. The molecule has 3 rings (SSSR count). The summed E-state index contributed by atoms with van der Waals surface area (Å²) >= 11 is 5.43. The predicted molar refractivity (Wildman–Crippen MR) is 70.1 cm³/mol. The van der Waals surface area contributed by atoms with Crippen molar-refractivity contribution in [1.29, 1.82) is 0 Å². The topological polar surface area (TPSA) is 21.3 Å². The normalized spacial score (nSPS) is 28.7. The van der Waals surface area contributed by atoms with Crippen LogP contribution < -0.4 is 5.32 Å². The van der Waals surface area contributed by atoms with Gasteiger partial charge in [-0.25, -0.2) is 0 Å². The minimum atomic E-state index is 0.310. The molecule has 2 nitrogen and oxygen atoms in total. The van der Waals surface area contributed by atoms with Gasteiger partial charge >= 0.3 is 0 Å². The van der Waals surface area contributed by atoms with Gasteiger partial charge < -0.3 is 10.1 Å². The molecule has 0 aliphatic carbocycles. The molecule has 2 saturated heterocycles. The van der Waals surface area contributed by atoms with E-state index < -0.39 is 0 Å². The van der Waals surface area contributed by atoms with Crippen LogP contribution in [0.2, 0.25) is 0 Å². The predicted octanol–water partition coefficient (Wildman–Crippen LogP) is 2.78. The second-order valence-corrected chi connectivity index (χ2v) is 6.65. The third-order valence-corrected chi connectivity index (χ3v) is 5.77. The van der Waals surface area contributed by atoms with Crippen LogP contribution in [0.3, 0.4) is 0 Å². The van der Waals surface area contributed by atoms with Gasteiger partial charge in [-0.1, -0.05) is 0 Å². The van der Waals surface area contributed by atoms with Gasteiger partial charge in [0.2, 0.25) is 0 Å². The van der Waals surface area contributed by atoms with E-state index in [1.54, 1.807) is 0 Å². The molecule has 16 heavy (non-hydrogen) atoms. The van der Waals surface area contributed by atoms with Gasteiger partial charge in [0.25, 0.3) is 0 Å². The van der Waals surface area contributed by atoms with Crippen molar-refractivity contribution >= 4 is 27.3 Å². The van der Waals surface area contributed by atoms with Crippen molar-refractivity contribution in [3.8, 4) is 0 Å². The first kappa shape index (κ1) is 11.2. The van der Waals surface area contributed by atoms with Gasteiger partial charge in [0.1, 0.15) is 0 Å². The van der Waals surface area contributed by atoms with Crippen LogP contribution in [-0.2, 0) is 10.2 Å². The average Bonchev–Trinajstić information content (AvgIpc) is 2.65. The molecule has 2 aliphatic heterocycles. The van der Waals surface area contributed by atoms with Gasteiger partial charge in [0.05, 0.1) is 18.6 Å². The van der Waals surface area contributed by atoms with Crippen molar-refractivity contribution in [3.05, 3.63) is 20.8 Å². The lowest BCUT2D eigenvalue weighted by Crippen LogP contribution is -2.55. The SMILES string of the molecule is Brc1csc(C2(C3CCCNC3)COC2)c1. The Hall–Kier alpha value is 0.1000. The lowest BCUT2D eigenvalue weighted by atomic mass is 9.69. The Morgan fingerprint density at radius 2 is 2.38 bits per heavy atom. The van der Waals surface area contributed by atoms with Crippen LogP contribution in [0.1, 0.15) is 17.7 Å². The van der Waals surface area contributed by atoms with E-state index in [2.05, 4.69) is 32.7 Å². The Morgan fingerprint density at radius 1 is 1.50 bits per heavy atom. The summed E-state index contributed by atoms with van der Waals surface area (Å²) in [5.41, 5.74) is 0.310. The fraction of sp³-hybridized carbons (Fsp3) is 0.667. The molecule has 2 fully saturated rings. The Balaban J connectivity index is 1.87. The zero-order chi connectivity index (χ0) is 11.0. The summed E-state index contributed by atoms with van der Waals surface area (Å²) in [5.74, 6) is 0.751. The van der Waals surface area contributed by atoms with Crippen LogP contribution in [0.5, 0.6) is 0 Å². The summed E-state index contributed by atoms with van der Waals surface area (Å²) in [5, 5.41) is 5.71. The molecule has 4 heteroatoms. The molecule has 1 unspecified atom stereocenters. The molecule has 3 heterocycles. The highest BCUT2D eigenvalue weighted by Crippen LogP contribution is 2.45. The summed E-state index contributed by atoms with van der Waals surface area (Å²) in [6.45, 7) is 4.15. The summed E-state index contributed by atoms with van der Waals surface area (Å²) in [7, 11) is 0. The Bertz CT molecular complexity index is 369. The van der Waals surface area contributed by atoms with E-state index in [1.807, 2.05) is 11.3 Å². The number of piperidine rings is 1. The third-order valence-electron chi connectivity index (χ3n) is 3.86. The van der Waals surface area contributed by atoms with E-state index in [9.17, 15) is 0 Å². The van der Waals surface area contributed by atoms with Crippen LogP contribution in [0.4, 0.5) is 0 Å². The van der Waals surface area contributed by atoms with Crippen LogP contribution in [0, 0.1) is 5.92 Å². The van der Waals surface area contributed by atoms with Gasteiger partial charge in [-0.3, -0.25) is 0 Å². The average molecular weight is 302 g/mol. The van der Waals surface area contributed by atoms with Crippen molar-refractivity contribution in [3.63, 3.8) is 0 Å². The maximum atomic E-state index is 5.52. The Kier molecular flexibility index (Phi) is 3.09. The van der Waals surface area contributed by atoms with Crippen molar-refractivity contribution in [1.82, 2.24) is 5.32 Å². The number of nitrogens with one attached hydrogen (secondary N) is 1. The molecule has 88 valence electrons. The molecule has 0 spiro atoms. The van der Waals surface area contributed by atoms with Crippen LogP contribution in [-0.4, -0.2) is 26.3 Å². The highest BCUT2D eigenvalue weighted by Gasteiger charge is 2.48. The summed E-state index contributed by atoms with van der Waals surface area (Å²) in [4.78, 5) is 1.50. The fourth-order valence-electron chi connectivity index (χ4n) is 2.80. The molecule has 1 aromatic heterocycles. The van der Waals surface area contributed by atoms with Gasteiger partial charge in [-0.2, -0.15) is 0 Å². The number of ether oxygens (including phenoxy) is 1. The number of hydrogen-bond donors (Lipinski definition) is 1. The molecule has 0 amide bonds. The lowest BCUT2D eigenvalue weighted by molar-refractivity contribution is -0.0928. The van der Waals surface area contributed by atoms with E-state index in [-0.39, 0.29) is 0 Å². The summed E-state index contributed by atoms with van der Waals surface area (Å²) in [6, 6.07) is 2.28. The van der Waals surface area contributed by atoms with Gasteiger partial charge in [0, 0.05) is 14.7 Å². The van der Waals surface area contributed by atoms with Gasteiger partial charge in [-0.15, -0.1) is 11.3 Å². The minimum absolute atomic E-state index is 0.310. The van der Waals surface area contributed by atoms with Crippen LogP contribution in [0.25, 0.3) is 0 Å². The van der Waals surface area contributed by atoms with Crippen molar-refractivity contribution in [2.24, 2.45) is 5.92 Å². The van der Waals surface area contributed by atoms with E-state index >= 15 is 0 Å². The second-order valence-electron chi connectivity index (χ2n) is 4.82. The van der Waals surface area contributed by atoms with Crippen molar-refractivity contribution in [2.45, 2.75) is 18.3 Å². The first-order valence-corrected chi connectivity index (χ1v) is 7.51. The molecule has 0 radical (unpaired) electrons. The monoisotopic (exact) mass is 301 g/mol. The van der Waals surface area contributed by atoms with Crippen LogP contribution in [0.15, 0.2) is 15.9 Å². The third kappa shape index (κ3) is 1.76. The highest BCUT2D eigenvalue weighted by molar-refractivity contribution is 9.10. The summed E-state index contributed by atoms with van der Waals surface area (Å²) < 4.78 is 6.73.